The van der Waals surface area contributed by atoms with Crippen molar-refractivity contribution in [1.29, 1.82) is 0 Å². The van der Waals surface area contributed by atoms with E-state index in [4.69, 9.17) is 4.42 Å². The van der Waals surface area contributed by atoms with Crippen LogP contribution in [0.4, 0.5) is 13.2 Å². The van der Waals surface area contributed by atoms with Crippen molar-refractivity contribution >= 4 is 10.9 Å². The number of fused-ring (bicyclic) bond motifs is 1. The number of halogens is 3. The predicted octanol–water partition coefficient (Wildman–Crippen LogP) is 3.39. The average Bonchev–Trinajstić information content (AvgIpc) is 3.49. The molecule has 150 valence electrons. The Hall–Kier alpha value is -4.09. The SMILES string of the molecule is Fc1cc(-c2nnc(C(F)F)o2)cnc1Cn1cc(-c2cccc3[nH]ncc23)nn1. The summed E-state index contributed by atoms with van der Waals surface area (Å²) < 4.78 is 45.9. The van der Waals surface area contributed by atoms with E-state index in [1.807, 2.05) is 18.2 Å². The number of aromatic nitrogens is 8. The Labute approximate surface area is 165 Å². The van der Waals surface area contributed by atoms with Crippen molar-refractivity contribution in [3.63, 3.8) is 0 Å². The standard InChI is InChI=1S/C18H11F3N8O/c19-12-4-9(17-26-27-18(30-17)16(20)21)5-22-15(12)8-29-7-14(25-28-29)10-2-1-3-13-11(10)6-23-24-13/h1-7,16H,8H2,(H,23,24). The van der Waals surface area contributed by atoms with Crippen molar-refractivity contribution in [3.05, 3.63) is 60.3 Å². The highest BCUT2D eigenvalue weighted by atomic mass is 19.3. The summed E-state index contributed by atoms with van der Waals surface area (Å²) in [5.41, 5.74) is 2.49. The molecule has 0 aliphatic carbocycles. The molecule has 9 nitrogen and oxygen atoms in total. The molecule has 0 aliphatic rings. The van der Waals surface area contributed by atoms with Crippen molar-refractivity contribution in [2.75, 3.05) is 0 Å². The van der Waals surface area contributed by atoms with Gasteiger partial charge in [0.1, 0.15) is 11.5 Å². The van der Waals surface area contributed by atoms with E-state index in [9.17, 15) is 13.2 Å². The fraction of sp³-hybridized carbons (Fsp3) is 0.111. The van der Waals surface area contributed by atoms with Crippen LogP contribution in [0.15, 0.2) is 47.3 Å². The Morgan fingerprint density at radius 2 is 2.03 bits per heavy atom. The van der Waals surface area contributed by atoms with Gasteiger partial charge in [-0.2, -0.15) is 13.9 Å². The maximum absolute atomic E-state index is 14.5. The molecule has 0 saturated heterocycles. The first kappa shape index (κ1) is 18.0. The van der Waals surface area contributed by atoms with E-state index in [0.29, 0.717) is 5.69 Å². The van der Waals surface area contributed by atoms with Crippen LogP contribution in [0.25, 0.3) is 33.6 Å². The normalized spacial score (nSPS) is 11.6. The molecule has 0 aliphatic heterocycles. The Bertz CT molecular complexity index is 1340. The lowest BCUT2D eigenvalue weighted by Gasteiger charge is -2.03. The zero-order valence-electron chi connectivity index (χ0n) is 15.0. The van der Waals surface area contributed by atoms with Gasteiger partial charge in [0.05, 0.1) is 35.7 Å². The third-order valence-electron chi connectivity index (χ3n) is 4.40. The van der Waals surface area contributed by atoms with Crippen LogP contribution in [0, 0.1) is 5.82 Å². The lowest BCUT2D eigenvalue weighted by Crippen LogP contribution is -2.05. The molecule has 0 atom stereocenters. The molecule has 0 spiro atoms. The van der Waals surface area contributed by atoms with Crippen LogP contribution in [-0.4, -0.2) is 40.4 Å². The van der Waals surface area contributed by atoms with E-state index in [1.54, 1.807) is 12.4 Å². The second-order valence-electron chi connectivity index (χ2n) is 6.34. The van der Waals surface area contributed by atoms with Crippen LogP contribution in [0.2, 0.25) is 0 Å². The van der Waals surface area contributed by atoms with Crippen LogP contribution in [0.3, 0.4) is 0 Å². The van der Waals surface area contributed by atoms with Gasteiger partial charge in [0, 0.05) is 17.1 Å². The molecule has 1 N–H and O–H groups in total. The number of nitrogens with zero attached hydrogens (tertiary/aromatic N) is 7. The highest BCUT2D eigenvalue weighted by molar-refractivity contribution is 5.92. The van der Waals surface area contributed by atoms with Crippen LogP contribution < -0.4 is 0 Å². The predicted molar refractivity (Wildman–Crippen MR) is 96.7 cm³/mol. The first-order valence-corrected chi connectivity index (χ1v) is 8.67. The number of pyridine rings is 1. The fourth-order valence-corrected chi connectivity index (χ4v) is 2.98. The molecule has 0 radical (unpaired) electrons. The van der Waals surface area contributed by atoms with Gasteiger partial charge in [-0.05, 0) is 12.1 Å². The second-order valence-corrected chi connectivity index (χ2v) is 6.34. The number of aromatic amines is 1. The van der Waals surface area contributed by atoms with E-state index < -0.39 is 18.1 Å². The molecule has 5 aromatic rings. The Kier molecular flexibility index (Phi) is 4.23. The van der Waals surface area contributed by atoms with Crippen LogP contribution in [-0.2, 0) is 6.54 Å². The van der Waals surface area contributed by atoms with Crippen molar-refractivity contribution in [2.45, 2.75) is 13.0 Å². The number of hydrogen-bond donors (Lipinski definition) is 1. The van der Waals surface area contributed by atoms with E-state index >= 15 is 0 Å². The smallest absolute Gasteiger partial charge is 0.314 e. The summed E-state index contributed by atoms with van der Waals surface area (Å²) in [5.74, 6) is -1.74. The van der Waals surface area contributed by atoms with Gasteiger partial charge >= 0.3 is 6.43 Å². The van der Waals surface area contributed by atoms with Crippen LogP contribution in [0.1, 0.15) is 18.0 Å². The summed E-state index contributed by atoms with van der Waals surface area (Å²) in [4.78, 5) is 4.03. The van der Waals surface area contributed by atoms with E-state index in [0.717, 1.165) is 22.5 Å². The summed E-state index contributed by atoms with van der Waals surface area (Å²) >= 11 is 0. The minimum atomic E-state index is -2.90. The number of alkyl halides is 2. The molecule has 4 heterocycles. The second kappa shape index (κ2) is 7.06. The molecule has 1 aromatic carbocycles. The molecule has 12 heteroatoms. The van der Waals surface area contributed by atoms with Gasteiger partial charge < -0.3 is 4.42 Å². The van der Waals surface area contributed by atoms with Crippen LogP contribution >= 0.6 is 0 Å². The molecule has 0 unspecified atom stereocenters. The van der Waals surface area contributed by atoms with Crippen molar-refractivity contribution in [2.24, 2.45) is 0 Å². The first-order chi connectivity index (χ1) is 14.6. The third kappa shape index (κ3) is 3.17. The molecule has 30 heavy (non-hydrogen) atoms. The molecular formula is C18H11F3N8O. The molecule has 0 amide bonds. The zero-order chi connectivity index (χ0) is 20.7. The molecule has 0 saturated carbocycles. The summed E-state index contributed by atoms with van der Waals surface area (Å²) in [5, 5.41) is 22.7. The molecule has 4 aromatic heterocycles. The van der Waals surface area contributed by atoms with Gasteiger partial charge in [0.2, 0.25) is 5.89 Å². The number of rotatable bonds is 5. The Balaban J connectivity index is 1.39. The van der Waals surface area contributed by atoms with Gasteiger partial charge in [-0.1, -0.05) is 17.3 Å². The van der Waals surface area contributed by atoms with E-state index in [1.165, 1.54) is 10.9 Å². The molecule has 0 fully saturated rings. The largest absolute Gasteiger partial charge is 0.415 e. The number of H-pyrrole nitrogens is 1. The first-order valence-electron chi connectivity index (χ1n) is 8.67. The number of hydrogen-bond acceptors (Lipinski definition) is 7. The maximum atomic E-state index is 14.5. The molecule has 0 bridgehead atoms. The maximum Gasteiger partial charge on any atom is 0.314 e. The van der Waals surface area contributed by atoms with Gasteiger partial charge in [0.15, 0.2) is 0 Å². The summed E-state index contributed by atoms with van der Waals surface area (Å²) in [6.45, 7) is 0.0204. The van der Waals surface area contributed by atoms with Crippen molar-refractivity contribution in [3.8, 4) is 22.7 Å². The molecular weight excluding hydrogens is 401 g/mol. The fourth-order valence-electron chi connectivity index (χ4n) is 2.98. The highest BCUT2D eigenvalue weighted by Gasteiger charge is 2.18. The van der Waals surface area contributed by atoms with Crippen LogP contribution in [0.5, 0.6) is 0 Å². The van der Waals surface area contributed by atoms with E-state index in [2.05, 4.69) is 35.7 Å². The summed E-state index contributed by atoms with van der Waals surface area (Å²) in [6.07, 6.45) is 1.73. The van der Waals surface area contributed by atoms with Crippen molar-refractivity contribution in [1.82, 2.24) is 40.4 Å². The monoisotopic (exact) mass is 412 g/mol. The van der Waals surface area contributed by atoms with Gasteiger partial charge in [-0.15, -0.1) is 15.3 Å². The third-order valence-corrected chi connectivity index (χ3v) is 4.40. The minimum absolute atomic E-state index is 0.0204. The van der Waals surface area contributed by atoms with Gasteiger partial charge in [0.25, 0.3) is 5.89 Å². The lowest BCUT2D eigenvalue weighted by molar-refractivity contribution is 0.116. The minimum Gasteiger partial charge on any atom is -0.415 e. The quantitative estimate of drug-likeness (QED) is 0.471. The van der Waals surface area contributed by atoms with Gasteiger partial charge in [-0.3, -0.25) is 10.1 Å². The highest BCUT2D eigenvalue weighted by Crippen LogP contribution is 2.26. The average molecular weight is 412 g/mol. The summed E-state index contributed by atoms with van der Waals surface area (Å²) in [7, 11) is 0. The summed E-state index contributed by atoms with van der Waals surface area (Å²) in [6, 6.07) is 6.74. The van der Waals surface area contributed by atoms with Gasteiger partial charge in [-0.25, -0.2) is 9.07 Å². The lowest BCUT2D eigenvalue weighted by atomic mass is 10.1. The molecule has 5 rings (SSSR count). The van der Waals surface area contributed by atoms with Crippen molar-refractivity contribution < 1.29 is 17.6 Å². The van der Waals surface area contributed by atoms with E-state index in [-0.39, 0.29) is 23.7 Å². The number of benzene rings is 1. The Morgan fingerprint density at radius 3 is 2.83 bits per heavy atom. The Morgan fingerprint density at radius 1 is 1.13 bits per heavy atom. The zero-order valence-corrected chi connectivity index (χ0v) is 15.0. The number of nitrogens with one attached hydrogen (secondary N) is 1. The topological polar surface area (TPSA) is 111 Å².